The zero-order chi connectivity index (χ0) is 17.3. The molecule has 4 rings (SSSR count). The molecule has 2 unspecified atom stereocenters. The Morgan fingerprint density at radius 1 is 1.48 bits per heavy atom. The maximum absolute atomic E-state index is 12.7. The summed E-state index contributed by atoms with van der Waals surface area (Å²) in [5.74, 6) is 0.471. The lowest BCUT2D eigenvalue weighted by atomic mass is 10.00. The molecule has 1 amide bonds. The maximum Gasteiger partial charge on any atom is 0.276 e. The Morgan fingerprint density at radius 3 is 3.16 bits per heavy atom. The number of aryl methyl sites for hydroxylation is 1. The number of nitrogens with zero attached hydrogens (tertiary/aromatic N) is 5. The van der Waals surface area contributed by atoms with Crippen LogP contribution in [0.15, 0.2) is 23.2 Å². The molecule has 25 heavy (non-hydrogen) atoms. The Hall–Kier alpha value is -2.26. The molecule has 0 radical (unpaired) electrons. The number of carbonyl (C=O) groups is 1. The van der Waals surface area contributed by atoms with Gasteiger partial charge in [-0.1, -0.05) is 5.16 Å². The van der Waals surface area contributed by atoms with E-state index in [1.54, 1.807) is 28.9 Å². The SMILES string of the molecule is Cc1cc(C(=O)N2CCOCC3(CCC(Cn4cncn4)O3)C2)no1. The van der Waals surface area contributed by atoms with Crippen LogP contribution in [0.2, 0.25) is 0 Å². The number of rotatable bonds is 3. The second-order valence-corrected chi connectivity index (χ2v) is 6.68. The molecule has 0 N–H and O–H groups in total. The third-order valence-corrected chi connectivity index (χ3v) is 4.68. The number of aromatic nitrogens is 4. The lowest BCUT2D eigenvalue weighted by Gasteiger charge is -2.31. The molecule has 0 bridgehead atoms. The van der Waals surface area contributed by atoms with E-state index in [9.17, 15) is 4.79 Å². The Labute approximate surface area is 144 Å². The van der Waals surface area contributed by atoms with Crippen LogP contribution in [0.25, 0.3) is 0 Å². The summed E-state index contributed by atoms with van der Waals surface area (Å²) >= 11 is 0. The van der Waals surface area contributed by atoms with Gasteiger partial charge in [-0.2, -0.15) is 5.10 Å². The molecule has 2 aliphatic heterocycles. The fourth-order valence-electron chi connectivity index (χ4n) is 3.49. The van der Waals surface area contributed by atoms with Crippen molar-refractivity contribution in [1.82, 2.24) is 24.8 Å². The number of carbonyl (C=O) groups excluding carboxylic acids is 1. The summed E-state index contributed by atoms with van der Waals surface area (Å²) in [5.41, 5.74) is -0.150. The van der Waals surface area contributed by atoms with Gasteiger partial charge in [0, 0.05) is 12.6 Å². The van der Waals surface area contributed by atoms with Gasteiger partial charge < -0.3 is 18.9 Å². The molecule has 2 aromatic rings. The highest BCUT2D eigenvalue weighted by molar-refractivity contribution is 5.92. The van der Waals surface area contributed by atoms with E-state index in [2.05, 4.69) is 15.2 Å². The Bertz CT molecular complexity index is 731. The van der Waals surface area contributed by atoms with Crippen LogP contribution in [0.4, 0.5) is 0 Å². The fraction of sp³-hybridized carbons (Fsp3) is 0.625. The minimum absolute atomic E-state index is 0.0367. The average Bonchev–Trinajstić information content (AvgIpc) is 3.30. The van der Waals surface area contributed by atoms with Gasteiger partial charge in [-0.15, -0.1) is 0 Å². The molecule has 134 valence electrons. The molecule has 9 nitrogen and oxygen atoms in total. The highest BCUT2D eigenvalue weighted by Crippen LogP contribution is 2.34. The molecule has 2 saturated heterocycles. The summed E-state index contributed by atoms with van der Waals surface area (Å²) in [4.78, 5) is 18.4. The standard InChI is InChI=1S/C16H21N5O4/c1-12-6-14(19-25-12)15(22)20-4-5-23-9-16(8-20)3-2-13(24-16)7-21-11-17-10-18-21/h6,10-11,13H,2-5,7-9H2,1H3. The molecule has 9 heteroatoms. The van der Waals surface area contributed by atoms with Crippen LogP contribution in [-0.2, 0) is 16.0 Å². The van der Waals surface area contributed by atoms with Crippen molar-refractivity contribution in [3.63, 3.8) is 0 Å². The first kappa shape index (κ1) is 16.2. The van der Waals surface area contributed by atoms with Crippen molar-refractivity contribution in [3.8, 4) is 0 Å². The molecule has 0 aliphatic carbocycles. The monoisotopic (exact) mass is 347 g/mol. The van der Waals surface area contributed by atoms with Gasteiger partial charge in [0.1, 0.15) is 24.0 Å². The van der Waals surface area contributed by atoms with Crippen LogP contribution >= 0.6 is 0 Å². The van der Waals surface area contributed by atoms with E-state index in [1.807, 2.05) is 0 Å². The van der Waals surface area contributed by atoms with Crippen molar-refractivity contribution in [2.45, 2.75) is 38.0 Å². The van der Waals surface area contributed by atoms with Crippen LogP contribution in [-0.4, -0.2) is 68.7 Å². The number of hydrogen-bond donors (Lipinski definition) is 0. The van der Waals surface area contributed by atoms with Crippen molar-refractivity contribution in [1.29, 1.82) is 0 Å². The van der Waals surface area contributed by atoms with Gasteiger partial charge in [-0.05, 0) is 19.8 Å². The normalized spacial score (nSPS) is 26.9. The van der Waals surface area contributed by atoms with Crippen LogP contribution in [0.3, 0.4) is 0 Å². The fourth-order valence-corrected chi connectivity index (χ4v) is 3.49. The third-order valence-electron chi connectivity index (χ3n) is 4.68. The first-order valence-electron chi connectivity index (χ1n) is 8.44. The predicted octanol–water partition coefficient (Wildman–Crippen LogP) is 0.665. The molecular weight excluding hydrogens is 326 g/mol. The Kier molecular flexibility index (Phi) is 4.26. The molecular formula is C16H21N5O4. The number of hydrogen-bond acceptors (Lipinski definition) is 7. The van der Waals surface area contributed by atoms with E-state index >= 15 is 0 Å². The Morgan fingerprint density at radius 2 is 2.40 bits per heavy atom. The van der Waals surface area contributed by atoms with E-state index in [1.165, 1.54) is 6.33 Å². The molecule has 0 aromatic carbocycles. The first-order valence-corrected chi connectivity index (χ1v) is 8.44. The Balaban J connectivity index is 1.45. The zero-order valence-corrected chi connectivity index (χ0v) is 14.1. The van der Waals surface area contributed by atoms with E-state index in [0.29, 0.717) is 44.3 Å². The summed E-state index contributed by atoms with van der Waals surface area (Å²) in [7, 11) is 0. The highest BCUT2D eigenvalue weighted by Gasteiger charge is 2.44. The molecule has 1 spiro atoms. The van der Waals surface area contributed by atoms with Gasteiger partial charge >= 0.3 is 0 Å². The van der Waals surface area contributed by atoms with Crippen molar-refractivity contribution in [3.05, 3.63) is 30.2 Å². The minimum atomic E-state index is -0.476. The summed E-state index contributed by atoms with van der Waals surface area (Å²) < 4.78 is 18.8. The van der Waals surface area contributed by atoms with Crippen molar-refractivity contribution >= 4 is 5.91 Å². The first-order chi connectivity index (χ1) is 12.1. The van der Waals surface area contributed by atoms with Crippen LogP contribution in [0, 0.1) is 6.92 Å². The predicted molar refractivity (Wildman–Crippen MR) is 84.8 cm³/mol. The van der Waals surface area contributed by atoms with Crippen LogP contribution in [0.5, 0.6) is 0 Å². The van der Waals surface area contributed by atoms with Gasteiger partial charge in [0.25, 0.3) is 5.91 Å². The van der Waals surface area contributed by atoms with Gasteiger partial charge in [0.2, 0.25) is 0 Å². The molecule has 2 atom stereocenters. The van der Waals surface area contributed by atoms with E-state index < -0.39 is 5.60 Å². The third kappa shape index (κ3) is 3.42. The summed E-state index contributed by atoms with van der Waals surface area (Å²) in [6.07, 6.45) is 4.97. The van der Waals surface area contributed by atoms with Crippen molar-refractivity contribution < 1.29 is 18.8 Å². The topological polar surface area (TPSA) is 95.5 Å². The van der Waals surface area contributed by atoms with Gasteiger partial charge in [0.05, 0.1) is 32.4 Å². The van der Waals surface area contributed by atoms with Crippen molar-refractivity contribution in [2.75, 3.05) is 26.3 Å². The average molecular weight is 347 g/mol. The summed E-state index contributed by atoms with van der Waals surface area (Å²) in [6, 6.07) is 1.66. The summed E-state index contributed by atoms with van der Waals surface area (Å²) in [5, 5.41) is 7.96. The number of amides is 1. The zero-order valence-electron chi connectivity index (χ0n) is 14.1. The largest absolute Gasteiger partial charge is 0.377 e. The molecule has 0 saturated carbocycles. The maximum atomic E-state index is 12.7. The number of ether oxygens (including phenoxy) is 2. The smallest absolute Gasteiger partial charge is 0.276 e. The minimum Gasteiger partial charge on any atom is -0.377 e. The van der Waals surface area contributed by atoms with Crippen LogP contribution in [0.1, 0.15) is 29.1 Å². The molecule has 4 heterocycles. The molecule has 2 aliphatic rings. The lowest BCUT2D eigenvalue weighted by Crippen LogP contribution is -2.47. The van der Waals surface area contributed by atoms with E-state index in [0.717, 1.165) is 12.8 Å². The second-order valence-electron chi connectivity index (χ2n) is 6.68. The van der Waals surface area contributed by atoms with E-state index in [-0.39, 0.29) is 12.0 Å². The summed E-state index contributed by atoms with van der Waals surface area (Å²) in [6.45, 7) is 4.41. The van der Waals surface area contributed by atoms with E-state index in [4.69, 9.17) is 14.0 Å². The molecule has 2 fully saturated rings. The second kappa shape index (κ2) is 6.57. The molecule has 2 aromatic heterocycles. The lowest BCUT2D eigenvalue weighted by molar-refractivity contribution is -0.0881. The van der Waals surface area contributed by atoms with Gasteiger partial charge in [0.15, 0.2) is 5.69 Å². The van der Waals surface area contributed by atoms with Gasteiger partial charge in [-0.25, -0.2) is 4.98 Å². The highest BCUT2D eigenvalue weighted by atomic mass is 16.6. The van der Waals surface area contributed by atoms with Crippen LogP contribution < -0.4 is 0 Å². The van der Waals surface area contributed by atoms with Gasteiger partial charge in [-0.3, -0.25) is 9.48 Å². The van der Waals surface area contributed by atoms with Crippen molar-refractivity contribution in [2.24, 2.45) is 0 Å². The quantitative estimate of drug-likeness (QED) is 0.805.